The number of carbonyl (C=O) groups excluding carboxylic acids is 1. The van der Waals surface area contributed by atoms with E-state index in [2.05, 4.69) is 4.90 Å². The van der Waals surface area contributed by atoms with Crippen LogP contribution in [-0.2, 0) is 21.3 Å². The molecule has 0 atom stereocenters. The maximum atomic E-state index is 13.5. The molecule has 0 N–H and O–H groups in total. The Morgan fingerprint density at radius 1 is 1.11 bits per heavy atom. The van der Waals surface area contributed by atoms with Gasteiger partial charge in [0, 0.05) is 0 Å². The summed E-state index contributed by atoms with van der Waals surface area (Å²) in [5.41, 5.74) is 1.78. The third kappa shape index (κ3) is 4.54. The molecule has 1 aliphatic rings. The predicted molar refractivity (Wildman–Crippen MR) is 110 cm³/mol. The second kappa shape index (κ2) is 8.75. The number of rotatable bonds is 6. The van der Waals surface area contributed by atoms with Crippen molar-refractivity contribution < 1.29 is 17.9 Å². The fourth-order valence-electron chi connectivity index (χ4n) is 3.47. The lowest BCUT2D eigenvalue weighted by Gasteiger charge is -2.34. The van der Waals surface area contributed by atoms with E-state index in [4.69, 9.17) is 4.74 Å². The third-order valence-corrected chi connectivity index (χ3v) is 7.38. The Hall–Kier alpha value is -2.38. The molecule has 6 nitrogen and oxygen atoms in total. The number of sulfonamides is 1. The van der Waals surface area contributed by atoms with Crippen LogP contribution < -0.4 is 4.31 Å². The topological polar surface area (TPSA) is 66.9 Å². The highest BCUT2D eigenvalue weighted by molar-refractivity contribution is 7.93. The molecule has 2 aromatic rings. The summed E-state index contributed by atoms with van der Waals surface area (Å²) in [5, 5.41) is -0.410. The molecular weight excluding hydrogens is 376 g/mol. The zero-order chi connectivity index (χ0) is 20.1. The van der Waals surface area contributed by atoms with Gasteiger partial charge in [-0.3, -0.25) is 4.31 Å². The lowest BCUT2D eigenvalue weighted by Crippen LogP contribution is -2.44. The average Bonchev–Trinajstić information content (AvgIpc) is 2.72. The number of esters is 1. The zero-order valence-electron chi connectivity index (χ0n) is 16.2. The first-order chi connectivity index (χ1) is 13.4. The van der Waals surface area contributed by atoms with E-state index in [0.717, 1.165) is 18.7 Å². The van der Waals surface area contributed by atoms with E-state index < -0.39 is 21.2 Å². The van der Waals surface area contributed by atoms with Crippen molar-refractivity contribution in [2.45, 2.75) is 24.6 Å². The van der Waals surface area contributed by atoms with Crippen molar-refractivity contribution in [2.24, 2.45) is 0 Å². The van der Waals surface area contributed by atoms with Gasteiger partial charge in [-0.25, -0.2) is 13.2 Å². The summed E-state index contributed by atoms with van der Waals surface area (Å²) < 4.78 is 33.2. The van der Waals surface area contributed by atoms with Gasteiger partial charge in [0.2, 0.25) is 10.0 Å². The normalized spacial score (nSPS) is 15.9. The van der Waals surface area contributed by atoms with Gasteiger partial charge in [-0.05, 0) is 62.8 Å². The summed E-state index contributed by atoms with van der Waals surface area (Å²) in [4.78, 5) is 14.0. The first kappa shape index (κ1) is 20.4. The number of likely N-dealkylation sites (tertiary alicyclic amines) is 1. The molecule has 1 heterocycles. The summed E-state index contributed by atoms with van der Waals surface area (Å²) in [7, 11) is -0.208. The predicted octanol–water partition coefficient (Wildman–Crippen LogP) is 2.90. The first-order valence-electron chi connectivity index (χ1n) is 9.34. The highest BCUT2D eigenvalue weighted by Gasteiger charge is 2.34. The molecule has 1 aliphatic heterocycles. The van der Waals surface area contributed by atoms with Crippen molar-refractivity contribution in [3.05, 3.63) is 65.7 Å². The number of nitrogens with zero attached hydrogens (tertiary/aromatic N) is 2. The van der Waals surface area contributed by atoms with Crippen LogP contribution in [0.4, 0.5) is 5.69 Å². The number of ether oxygens (including phenoxy) is 1. The molecule has 0 unspecified atom stereocenters. The summed E-state index contributed by atoms with van der Waals surface area (Å²) in [6, 6.07) is 16.0. The number of benzene rings is 2. The Balaban J connectivity index is 1.93. The van der Waals surface area contributed by atoms with Crippen LogP contribution in [0.3, 0.4) is 0 Å². The van der Waals surface area contributed by atoms with Crippen LogP contribution in [0.5, 0.6) is 0 Å². The number of para-hydroxylation sites is 1. The lowest BCUT2D eigenvalue weighted by atomic mass is 10.1. The van der Waals surface area contributed by atoms with E-state index in [9.17, 15) is 13.2 Å². The van der Waals surface area contributed by atoms with Crippen molar-refractivity contribution in [3.8, 4) is 0 Å². The van der Waals surface area contributed by atoms with Gasteiger partial charge >= 0.3 is 5.97 Å². The molecule has 0 aromatic heterocycles. The van der Waals surface area contributed by atoms with E-state index in [1.165, 1.54) is 11.4 Å². The molecule has 0 saturated carbocycles. The van der Waals surface area contributed by atoms with Crippen molar-refractivity contribution in [2.75, 3.05) is 31.6 Å². The average molecular weight is 403 g/mol. The molecule has 7 heteroatoms. The number of hydrogen-bond donors (Lipinski definition) is 0. The Bertz CT molecular complexity index is 907. The molecule has 0 amide bonds. The van der Waals surface area contributed by atoms with Crippen LogP contribution >= 0.6 is 0 Å². The molecule has 150 valence electrons. The highest BCUT2D eigenvalue weighted by Crippen LogP contribution is 2.28. The van der Waals surface area contributed by atoms with E-state index in [1.807, 2.05) is 31.3 Å². The van der Waals surface area contributed by atoms with Crippen LogP contribution in [0.2, 0.25) is 0 Å². The van der Waals surface area contributed by atoms with Gasteiger partial charge in [0.1, 0.15) is 0 Å². The standard InChI is InChI=1S/C21H26N2O4S/c1-22-13-11-20(12-14-22)28(25,26)23(19-9-4-3-5-10-19)16-17-7-6-8-18(15-17)21(24)27-2/h3-10,15,20H,11-14,16H2,1-2H3. The van der Waals surface area contributed by atoms with E-state index in [0.29, 0.717) is 24.1 Å². The van der Waals surface area contributed by atoms with Crippen LogP contribution in [0.25, 0.3) is 0 Å². The van der Waals surface area contributed by atoms with Gasteiger partial charge < -0.3 is 9.64 Å². The minimum atomic E-state index is -3.55. The van der Waals surface area contributed by atoms with Crippen LogP contribution in [0.1, 0.15) is 28.8 Å². The minimum absolute atomic E-state index is 0.170. The molecule has 0 radical (unpaired) electrons. The fourth-order valence-corrected chi connectivity index (χ4v) is 5.38. The van der Waals surface area contributed by atoms with Gasteiger partial charge in [-0.2, -0.15) is 0 Å². The first-order valence-corrected chi connectivity index (χ1v) is 10.8. The second-order valence-electron chi connectivity index (χ2n) is 7.08. The molecule has 0 spiro atoms. The van der Waals surface area contributed by atoms with Crippen LogP contribution in [0.15, 0.2) is 54.6 Å². The summed E-state index contributed by atoms with van der Waals surface area (Å²) in [6.45, 7) is 1.71. The molecule has 0 aliphatic carbocycles. The number of hydrogen-bond acceptors (Lipinski definition) is 5. The number of carbonyl (C=O) groups is 1. The maximum absolute atomic E-state index is 13.5. The van der Waals surface area contributed by atoms with Crippen LogP contribution in [-0.4, -0.2) is 51.8 Å². The molecule has 3 rings (SSSR count). The van der Waals surface area contributed by atoms with Gasteiger partial charge in [0.25, 0.3) is 0 Å². The summed E-state index contributed by atoms with van der Waals surface area (Å²) >= 11 is 0. The van der Waals surface area contributed by atoms with Crippen molar-refractivity contribution >= 4 is 21.7 Å². The Morgan fingerprint density at radius 3 is 2.43 bits per heavy atom. The highest BCUT2D eigenvalue weighted by atomic mass is 32.2. The summed E-state index contributed by atoms with van der Waals surface area (Å²) in [5.74, 6) is -0.439. The maximum Gasteiger partial charge on any atom is 0.337 e. The minimum Gasteiger partial charge on any atom is -0.465 e. The van der Waals surface area contributed by atoms with E-state index in [-0.39, 0.29) is 6.54 Å². The molecule has 28 heavy (non-hydrogen) atoms. The third-order valence-electron chi connectivity index (χ3n) is 5.11. The number of methoxy groups -OCH3 is 1. The Labute approximate surface area is 166 Å². The van der Waals surface area contributed by atoms with E-state index >= 15 is 0 Å². The quantitative estimate of drug-likeness (QED) is 0.695. The Morgan fingerprint density at radius 2 is 1.79 bits per heavy atom. The largest absolute Gasteiger partial charge is 0.465 e. The van der Waals surface area contributed by atoms with Gasteiger partial charge in [-0.15, -0.1) is 0 Å². The van der Waals surface area contributed by atoms with Crippen LogP contribution in [0, 0.1) is 0 Å². The second-order valence-corrected chi connectivity index (χ2v) is 9.22. The smallest absolute Gasteiger partial charge is 0.337 e. The Kier molecular flexibility index (Phi) is 6.36. The molecular formula is C21H26N2O4S. The monoisotopic (exact) mass is 402 g/mol. The molecule has 1 fully saturated rings. The molecule has 2 aromatic carbocycles. The van der Waals surface area contributed by atoms with Gasteiger partial charge in [-0.1, -0.05) is 30.3 Å². The van der Waals surface area contributed by atoms with Gasteiger partial charge in [0.15, 0.2) is 0 Å². The van der Waals surface area contributed by atoms with Gasteiger partial charge in [0.05, 0.1) is 30.2 Å². The lowest BCUT2D eigenvalue weighted by molar-refractivity contribution is 0.0600. The molecule has 1 saturated heterocycles. The SMILES string of the molecule is COC(=O)c1cccc(CN(c2ccccc2)S(=O)(=O)C2CCN(C)CC2)c1. The fraction of sp³-hybridized carbons (Fsp3) is 0.381. The molecule has 0 bridgehead atoms. The van der Waals surface area contributed by atoms with E-state index in [1.54, 1.807) is 30.3 Å². The van der Waals surface area contributed by atoms with Crippen molar-refractivity contribution in [1.82, 2.24) is 4.90 Å². The van der Waals surface area contributed by atoms with Crippen molar-refractivity contribution in [3.63, 3.8) is 0 Å². The van der Waals surface area contributed by atoms with Crippen molar-refractivity contribution in [1.29, 1.82) is 0 Å². The number of anilines is 1. The number of piperidine rings is 1. The summed E-state index contributed by atoms with van der Waals surface area (Å²) in [6.07, 6.45) is 1.23. The zero-order valence-corrected chi connectivity index (χ0v) is 17.1.